The Kier molecular flexibility index (Phi) is 7.55. The van der Waals surface area contributed by atoms with E-state index in [2.05, 4.69) is 11.8 Å². The van der Waals surface area contributed by atoms with Gasteiger partial charge in [-0.3, -0.25) is 4.90 Å². The van der Waals surface area contributed by atoms with E-state index >= 15 is 0 Å². The van der Waals surface area contributed by atoms with Crippen LogP contribution in [0.25, 0.3) is 0 Å². The third-order valence-electron chi connectivity index (χ3n) is 3.44. The Morgan fingerprint density at radius 1 is 1.04 bits per heavy atom. The SMILES string of the molecule is CCOC(=O)C#CCN(C)Cc1ccc(OCc2ccccc2)cc1. The van der Waals surface area contributed by atoms with Crippen molar-refractivity contribution in [3.8, 4) is 17.6 Å². The molecule has 0 heterocycles. The number of nitrogens with zero attached hydrogens (tertiary/aromatic N) is 1. The molecule has 2 rings (SSSR count). The molecule has 130 valence electrons. The fraction of sp³-hybridized carbons (Fsp3) is 0.286. The Hall–Kier alpha value is -2.77. The van der Waals surface area contributed by atoms with Crippen molar-refractivity contribution in [1.29, 1.82) is 0 Å². The normalized spacial score (nSPS) is 10.0. The molecule has 25 heavy (non-hydrogen) atoms. The fourth-order valence-corrected chi connectivity index (χ4v) is 2.21. The van der Waals surface area contributed by atoms with Gasteiger partial charge in [-0.2, -0.15) is 0 Å². The molecule has 0 spiro atoms. The fourth-order valence-electron chi connectivity index (χ4n) is 2.21. The number of carbonyl (C=O) groups is 1. The minimum Gasteiger partial charge on any atom is -0.489 e. The van der Waals surface area contributed by atoms with Gasteiger partial charge in [0.05, 0.1) is 13.2 Å². The maximum Gasteiger partial charge on any atom is 0.384 e. The highest BCUT2D eigenvalue weighted by Crippen LogP contribution is 2.15. The second kappa shape index (κ2) is 10.2. The van der Waals surface area contributed by atoms with Crippen LogP contribution in [0.5, 0.6) is 5.75 Å². The summed E-state index contributed by atoms with van der Waals surface area (Å²) in [5, 5.41) is 0. The van der Waals surface area contributed by atoms with Gasteiger partial charge in [0, 0.05) is 12.5 Å². The first-order valence-electron chi connectivity index (χ1n) is 8.27. The molecule has 0 bridgehead atoms. The van der Waals surface area contributed by atoms with Crippen molar-refractivity contribution in [3.63, 3.8) is 0 Å². The summed E-state index contributed by atoms with van der Waals surface area (Å²) in [7, 11) is 1.96. The lowest BCUT2D eigenvalue weighted by Crippen LogP contribution is -2.18. The Balaban J connectivity index is 1.78. The predicted octanol–water partition coefficient (Wildman–Crippen LogP) is 3.26. The summed E-state index contributed by atoms with van der Waals surface area (Å²) in [5.74, 6) is 5.65. The standard InChI is InChI=1S/C21H23NO3/c1-3-24-21(23)10-7-15-22(2)16-18-11-13-20(14-12-18)25-17-19-8-5-4-6-9-19/h4-6,8-9,11-14H,3,15-17H2,1-2H3. The minimum absolute atomic E-state index is 0.349. The van der Waals surface area contributed by atoms with Crippen molar-refractivity contribution in [2.45, 2.75) is 20.1 Å². The maximum absolute atomic E-state index is 11.2. The number of hydrogen-bond acceptors (Lipinski definition) is 4. The molecule has 0 saturated carbocycles. The van der Waals surface area contributed by atoms with Crippen molar-refractivity contribution in [1.82, 2.24) is 4.90 Å². The summed E-state index contributed by atoms with van der Waals surface area (Å²) in [6.07, 6.45) is 0. The zero-order chi connectivity index (χ0) is 17.9. The largest absolute Gasteiger partial charge is 0.489 e. The first kappa shape index (κ1) is 18.6. The summed E-state index contributed by atoms with van der Waals surface area (Å²) < 4.78 is 10.5. The van der Waals surface area contributed by atoms with Crippen LogP contribution in [0.15, 0.2) is 54.6 Å². The molecule has 0 radical (unpaired) electrons. The van der Waals surface area contributed by atoms with Gasteiger partial charge in [0.2, 0.25) is 0 Å². The van der Waals surface area contributed by atoms with Gasteiger partial charge in [0.15, 0.2) is 0 Å². The van der Waals surface area contributed by atoms with Crippen LogP contribution >= 0.6 is 0 Å². The van der Waals surface area contributed by atoms with Gasteiger partial charge >= 0.3 is 5.97 Å². The molecule has 0 saturated heterocycles. The minimum atomic E-state index is -0.476. The number of carbonyl (C=O) groups excluding carboxylic acids is 1. The van der Waals surface area contributed by atoms with E-state index in [1.807, 2.05) is 66.5 Å². The highest BCUT2D eigenvalue weighted by Gasteiger charge is 2.01. The van der Waals surface area contributed by atoms with E-state index in [0.717, 1.165) is 23.4 Å². The first-order chi connectivity index (χ1) is 12.2. The van der Waals surface area contributed by atoms with Gasteiger partial charge in [-0.15, -0.1) is 0 Å². The second-order valence-electron chi connectivity index (χ2n) is 5.61. The van der Waals surface area contributed by atoms with Crippen LogP contribution in [0, 0.1) is 11.8 Å². The monoisotopic (exact) mass is 337 g/mol. The van der Waals surface area contributed by atoms with E-state index in [-0.39, 0.29) is 0 Å². The molecule has 0 atom stereocenters. The predicted molar refractivity (Wildman–Crippen MR) is 98.0 cm³/mol. The van der Waals surface area contributed by atoms with Gasteiger partial charge in [0.25, 0.3) is 0 Å². The summed E-state index contributed by atoms with van der Waals surface area (Å²) in [5.41, 5.74) is 2.30. The average molecular weight is 337 g/mol. The number of rotatable bonds is 7. The summed E-state index contributed by atoms with van der Waals surface area (Å²) >= 11 is 0. The molecular formula is C21H23NO3. The molecule has 0 aliphatic rings. The van der Waals surface area contributed by atoms with E-state index in [4.69, 9.17) is 9.47 Å². The summed E-state index contributed by atoms with van der Waals surface area (Å²) in [6, 6.07) is 18.1. The third-order valence-corrected chi connectivity index (χ3v) is 3.44. The Labute approximate surface area is 149 Å². The van der Waals surface area contributed by atoms with Crippen LogP contribution in [-0.4, -0.2) is 31.1 Å². The third kappa shape index (κ3) is 7.11. The molecule has 4 nitrogen and oxygen atoms in total. The highest BCUT2D eigenvalue weighted by atomic mass is 16.5. The molecule has 0 unspecified atom stereocenters. The molecular weight excluding hydrogens is 314 g/mol. The maximum atomic E-state index is 11.2. The molecule has 0 aromatic heterocycles. The number of benzene rings is 2. The van der Waals surface area contributed by atoms with E-state index in [1.54, 1.807) is 6.92 Å². The topological polar surface area (TPSA) is 38.8 Å². The lowest BCUT2D eigenvalue weighted by Gasteiger charge is -2.13. The Bertz CT molecular complexity index is 714. The lowest BCUT2D eigenvalue weighted by molar-refractivity contribution is -0.136. The van der Waals surface area contributed by atoms with E-state index in [1.165, 1.54) is 0 Å². The molecule has 2 aromatic carbocycles. The molecule has 0 amide bonds. The van der Waals surface area contributed by atoms with Gasteiger partial charge in [-0.25, -0.2) is 4.79 Å². The van der Waals surface area contributed by atoms with Crippen molar-refractivity contribution in [2.75, 3.05) is 20.2 Å². The van der Waals surface area contributed by atoms with Crippen molar-refractivity contribution in [3.05, 3.63) is 65.7 Å². The first-order valence-corrected chi connectivity index (χ1v) is 8.27. The zero-order valence-electron chi connectivity index (χ0n) is 14.7. The molecule has 0 fully saturated rings. The Morgan fingerprint density at radius 2 is 1.76 bits per heavy atom. The van der Waals surface area contributed by atoms with E-state index in [0.29, 0.717) is 19.8 Å². The van der Waals surface area contributed by atoms with Crippen LogP contribution in [0.2, 0.25) is 0 Å². The molecule has 4 heteroatoms. The molecule has 0 aliphatic carbocycles. The van der Waals surface area contributed by atoms with Crippen molar-refractivity contribution >= 4 is 5.97 Å². The van der Waals surface area contributed by atoms with E-state index in [9.17, 15) is 4.79 Å². The van der Waals surface area contributed by atoms with Crippen molar-refractivity contribution < 1.29 is 14.3 Å². The number of esters is 1. The van der Waals surface area contributed by atoms with E-state index < -0.39 is 5.97 Å². The average Bonchev–Trinajstić information content (AvgIpc) is 2.62. The number of hydrogen-bond donors (Lipinski definition) is 0. The highest BCUT2D eigenvalue weighted by molar-refractivity contribution is 5.88. The van der Waals surface area contributed by atoms with Gasteiger partial charge in [0.1, 0.15) is 12.4 Å². The zero-order valence-corrected chi connectivity index (χ0v) is 14.7. The lowest BCUT2D eigenvalue weighted by atomic mass is 10.2. The molecule has 0 aliphatic heterocycles. The van der Waals surface area contributed by atoms with Crippen LogP contribution in [0.1, 0.15) is 18.1 Å². The van der Waals surface area contributed by atoms with Crippen LogP contribution < -0.4 is 4.74 Å². The second-order valence-corrected chi connectivity index (χ2v) is 5.61. The van der Waals surface area contributed by atoms with Gasteiger partial charge < -0.3 is 9.47 Å². The molecule has 0 N–H and O–H groups in total. The van der Waals surface area contributed by atoms with Crippen LogP contribution in [-0.2, 0) is 22.7 Å². The van der Waals surface area contributed by atoms with Gasteiger partial charge in [-0.05, 0) is 37.2 Å². The quantitative estimate of drug-likeness (QED) is 0.442. The van der Waals surface area contributed by atoms with Crippen LogP contribution in [0.4, 0.5) is 0 Å². The summed E-state index contributed by atoms with van der Waals surface area (Å²) in [6.45, 7) is 3.92. The van der Waals surface area contributed by atoms with Crippen molar-refractivity contribution in [2.24, 2.45) is 0 Å². The van der Waals surface area contributed by atoms with Gasteiger partial charge in [-0.1, -0.05) is 48.4 Å². The Morgan fingerprint density at radius 3 is 2.44 bits per heavy atom. The summed E-state index contributed by atoms with van der Waals surface area (Å²) in [4.78, 5) is 13.2. The molecule has 2 aromatic rings. The van der Waals surface area contributed by atoms with Crippen LogP contribution in [0.3, 0.4) is 0 Å². The smallest absolute Gasteiger partial charge is 0.384 e. The number of ether oxygens (including phenoxy) is 2.